The lowest BCUT2D eigenvalue weighted by Crippen LogP contribution is -2.43. The number of rotatable bonds is 5. The molecule has 0 radical (unpaired) electrons. The second kappa shape index (κ2) is 6.00. The van der Waals surface area contributed by atoms with E-state index >= 15 is 0 Å². The molecule has 0 saturated heterocycles. The van der Waals surface area contributed by atoms with E-state index in [9.17, 15) is 13.6 Å². The SMILES string of the molecule is O=C(COc1ccc(F)cc1F)N(C1CCCC1)C1CC1. The molecular formula is C16H19F2NO2. The van der Waals surface area contributed by atoms with Crippen molar-refractivity contribution in [3.05, 3.63) is 29.8 Å². The van der Waals surface area contributed by atoms with E-state index in [2.05, 4.69) is 0 Å². The van der Waals surface area contributed by atoms with Gasteiger partial charge in [-0.1, -0.05) is 12.8 Å². The Kier molecular flexibility index (Phi) is 4.08. The average molecular weight is 295 g/mol. The molecule has 2 aliphatic rings. The van der Waals surface area contributed by atoms with Crippen molar-refractivity contribution in [1.29, 1.82) is 0 Å². The maximum Gasteiger partial charge on any atom is 0.261 e. The topological polar surface area (TPSA) is 29.5 Å². The summed E-state index contributed by atoms with van der Waals surface area (Å²) < 4.78 is 31.5. The van der Waals surface area contributed by atoms with Crippen LogP contribution in [0.2, 0.25) is 0 Å². The molecule has 0 heterocycles. The highest BCUT2D eigenvalue weighted by molar-refractivity contribution is 5.78. The summed E-state index contributed by atoms with van der Waals surface area (Å²) in [6, 6.07) is 3.75. The van der Waals surface area contributed by atoms with Crippen LogP contribution in [-0.4, -0.2) is 29.5 Å². The van der Waals surface area contributed by atoms with Gasteiger partial charge in [0.15, 0.2) is 18.2 Å². The van der Waals surface area contributed by atoms with E-state index in [1.54, 1.807) is 0 Å². The Hall–Kier alpha value is -1.65. The lowest BCUT2D eigenvalue weighted by molar-refractivity contribution is -0.136. The highest BCUT2D eigenvalue weighted by Crippen LogP contribution is 2.34. The number of benzene rings is 1. The monoisotopic (exact) mass is 295 g/mol. The summed E-state index contributed by atoms with van der Waals surface area (Å²) in [4.78, 5) is 14.3. The van der Waals surface area contributed by atoms with Crippen molar-refractivity contribution >= 4 is 5.91 Å². The van der Waals surface area contributed by atoms with Crippen LogP contribution >= 0.6 is 0 Å². The normalized spacial score (nSPS) is 18.8. The maximum atomic E-state index is 13.5. The standard InChI is InChI=1S/C16H19F2NO2/c17-11-5-8-15(14(18)9-11)21-10-16(20)19(13-6-7-13)12-3-1-2-4-12/h5,8-9,12-13H,1-4,6-7,10H2. The van der Waals surface area contributed by atoms with E-state index in [0.29, 0.717) is 12.1 Å². The number of carbonyl (C=O) groups excluding carboxylic acids is 1. The predicted octanol–water partition coefficient (Wildman–Crippen LogP) is 3.28. The molecule has 0 aromatic heterocycles. The summed E-state index contributed by atoms with van der Waals surface area (Å²) in [5, 5.41) is 0. The van der Waals surface area contributed by atoms with E-state index in [0.717, 1.165) is 50.7 Å². The molecule has 1 amide bonds. The Balaban J connectivity index is 1.61. The van der Waals surface area contributed by atoms with Gasteiger partial charge in [-0.15, -0.1) is 0 Å². The Morgan fingerprint density at radius 3 is 2.43 bits per heavy atom. The van der Waals surface area contributed by atoms with Gasteiger partial charge in [0.2, 0.25) is 0 Å². The van der Waals surface area contributed by atoms with Crippen LogP contribution in [-0.2, 0) is 4.79 Å². The van der Waals surface area contributed by atoms with Crippen LogP contribution in [0.5, 0.6) is 5.75 Å². The highest BCUT2D eigenvalue weighted by Gasteiger charge is 2.38. The fourth-order valence-electron chi connectivity index (χ4n) is 3.05. The van der Waals surface area contributed by atoms with Gasteiger partial charge in [-0.2, -0.15) is 0 Å². The van der Waals surface area contributed by atoms with Gasteiger partial charge < -0.3 is 9.64 Å². The minimum absolute atomic E-state index is 0.0769. The zero-order valence-corrected chi connectivity index (χ0v) is 11.9. The Bertz CT molecular complexity index is 525. The first kappa shape index (κ1) is 14.3. The molecule has 3 rings (SSSR count). The molecule has 3 nitrogen and oxygen atoms in total. The van der Waals surface area contributed by atoms with Crippen LogP contribution in [0.3, 0.4) is 0 Å². The smallest absolute Gasteiger partial charge is 0.261 e. The third kappa shape index (κ3) is 3.34. The lowest BCUT2D eigenvalue weighted by Gasteiger charge is -2.29. The van der Waals surface area contributed by atoms with Gasteiger partial charge >= 0.3 is 0 Å². The van der Waals surface area contributed by atoms with Gasteiger partial charge in [0.1, 0.15) is 5.82 Å². The fraction of sp³-hybridized carbons (Fsp3) is 0.562. The van der Waals surface area contributed by atoms with Crippen molar-refractivity contribution in [2.45, 2.75) is 50.6 Å². The minimum atomic E-state index is -0.776. The molecule has 2 saturated carbocycles. The van der Waals surface area contributed by atoms with E-state index < -0.39 is 11.6 Å². The van der Waals surface area contributed by atoms with Crippen molar-refractivity contribution in [2.75, 3.05) is 6.61 Å². The molecule has 114 valence electrons. The number of amides is 1. The van der Waals surface area contributed by atoms with Gasteiger partial charge in [0.25, 0.3) is 5.91 Å². The molecule has 0 spiro atoms. The Morgan fingerprint density at radius 1 is 1.14 bits per heavy atom. The molecule has 21 heavy (non-hydrogen) atoms. The lowest BCUT2D eigenvalue weighted by atomic mass is 10.2. The first-order chi connectivity index (χ1) is 10.1. The zero-order valence-electron chi connectivity index (χ0n) is 11.9. The van der Waals surface area contributed by atoms with Gasteiger partial charge in [-0.25, -0.2) is 8.78 Å². The molecule has 1 aromatic carbocycles. The zero-order chi connectivity index (χ0) is 14.8. The van der Waals surface area contributed by atoms with Gasteiger partial charge in [0.05, 0.1) is 0 Å². The summed E-state index contributed by atoms with van der Waals surface area (Å²) in [6.45, 7) is -0.185. The predicted molar refractivity (Wildman–Crippen MR) is 74.0 cm³/mol. The number of hydrogen-bond acceptors (Lipinski definition) is 2. The molecule has 5 heteroatoms. The maximum absolute atomic E-state index is 13.5. The molecule has 1 aromatic rings. The van der Waals surface area contributed by atoms with Crippen molar-refractivity contribution in [2.24, 2.45) is 0 Å². The van der Waals surface area contributed by atoms with Crippen molar-refractivity contribution in [3.8, 4) is 5.75 Å². The van der Waals surface area contributed by atoms with Crippen LogP contribution in [0.25, 0.3) is 0 Å². The van der Waals surface area contributed by atoms with Crippen molar-refractivity contribution in [3.63, 3.8) is 0 Å². The molecule has 0 aliphatic heterocycles. The van der Waals surface area contributed by atoms with E-state index in [4.69, 9.17) is 4.74 Å². The first-order valence-electron chi connectivity index (χ1n) is 7.54. The summed E-state index contributed by atoms with van der Waals surface area (Å²) in [5.74, 6) is -1.60. The second-order valence-electron chi connectivity index (χ2n) is 5.83. The van der Waals surface area contributed by atoms with Gasteiger partial charge in [0, 0.05) is 18.2 Å². The van der Waals surface area contributed by atoms with Crippen LogP contribution in [0, 0.1) is 11.6 Å². The summed E-state index contributed by atoms with van der Waals surface area (Å²) >= 11 is 0. The number of ether oxygens (including phenoxy) is 1. The molecule has 0 unspecified atom stereocenters. The van der Waals surface area contributed by atoms with E-state index in [1.165, 1.54) is 6.07 Å². The van der Waals surface area contributed by atoms with Gasteiger partial charge in [-0.05, 0) is 37.8 Å². The fourth-order valence-corrected chi connectivity index (χ4v) is 3.05. The first-order valence-corrected chi connectivity index (χ1v) is 7.54. The average Bonchev–Trinajstić information content (AvgIpc) is 3.12. The largest absolute Gasteiger partial charge is 0.481 e. The summed E-state index contributed by atoms with van der Waals surface area (Å²) in [6.07, 6.45) is 6.52. The van der Waals surface area contributed by atoms with Crippen LogP contribution in [0.4, 0.5) is 8.78 Å². The number of halogens is 2. The molecule has 0 bridgehead atoms. The van der Waals surface area contributed by atoms with Crippen molar-refractivity contribution in [1.82, 2.24) is 4.90 Å². The highest BCUT2D eigenvalue weighted by atomic mass is 19.1. The Labute approximate surface area is 122 Å². The molecule has 0 N–H and O–H groups in total. The molecule has 0 atom stereocenters. The molecule has 2 aliphatic carbocycles. The van der Waals surface area contributed by atoms with Crippen LogP contribution in [0.1, 0.15) is 38.5 Å². The Morgan fingerprint density at radius 2 is 1.81 bits per heavy atom. The number of carbonyl (C=O) groups is 1. The summed E-state index contributed by atoms with van der Waals surface area (Å²) in [5.41, 5.74) is 0. The number of nitrogens with zero attached hydrogens (tertiary/aromatic N) is 1. The van der Waals surface area contributed by atoms with Crippen LogP contribution in [0.15, 0.2) is 18.2 Å². The van der Waals surface area contributed by atoms with Crippen LogP contribution < -0.4 is 4.74 Å². The van der Waals surface area contributed by atoms with E-state index in [-0.39, 0.29) is 18.3 Å². The van der Waals surface area contributed by atoms with Gasteiger partial charge in [-0.3, -0.25) is 4.79 Å². The molecular weight excluding hydrogens is 276 g/mol. The third-order valence-electron chi connectivity index (χ3n) is 4.19. The quantitative estimate of drug-likeness (QED) is 0.834. The molecule has 2 fully saturated rings. The minimum Gasteiger partial charge on any atom is -0.481 e. The second-order valence-corrected chi connectivity index (χ2v) is 5.83. The van der Waals surface area contributed by atoms with E-state index in [1.807, 2.05) is 4.90 Å². The number of hydrogen-bond donors (Lipinski definition) is 0. The third-order valence-corrected chi connectivity index (χ3v) is 4.19. The summed E-state index contributed by atoms with van der Waals surface area (Å²) in [7, 11) is 0. The van der Waals surface area contributed by atoms with Crippen molar-refractivity contribution < 1.29 is 18.3 Å².